The maximum Gasteiger partial charge on any atom is 0.308 e. The summed E-state index contributed by atoms with van der Waals surface area (Å²) in [5.74, 6) is 1.15. The second-order valence-corrected chi connectivity index (χ2v) is 7.17. The molecule has 1 aliphatic heterocycles. The van der Waals surface area contributed by atoms with E-state index < -0.39 is 17.8 Å². The Hall–Kier alpha value is -3.42. The van der Waals surface area contributed by atoms with Crippen molar-refractivity contribution in [1.29, 1.82) is 0 Å². The van der Waals surface area contributed by atoms with Gasteiger partial charge in [0.25, 0.3) is 0 Å². The molecule has 0 saturated heterocycles. The Bertz CT molecular complexity index is 972. The summed E-state index contributed by atoms with van der Waals surface area (Å²) < 4.78 is 32.9. The molecule has 2 aromatic rings. The average molecular weight is 430 g/mol. The van der Waals surface area contributed by atoms with E-state index in [1.165, 1.54) is 35.2 Å². The summed E-state index contributed by atoms with van der Waals surface area (Å²) in [4.78, 5) is 24.3. The summed E-state index contributed by atoms with van der Waals surface area (Å²) >= 11 is 0. The molecule has 0 aliphatic carbocycles. The maximum absolute atomic E-state index is 12.5. The largest absolute Gasteiger partial charge is 0.493 e. The van der Waals surface area contributed by atoms with Gasteiger partial charge in [-0.3, -0.25) is 9.59 Å². The van der Waals surface area contributed by atoms with Crippen molar-refractivity contribution in [3.8, 4) is 34.5 Å². The fourth-order valence-electron chi connectivity index (χ4n) is 3.68. The van der Waals surface area contributed by atoms with Crippen molar-refractivity contribution in [3.63, 3.8) is 0 Å². The molecular formula is C23H26O8. The van der Waals surface area contributed by atoms with Crippen molar-refractivity contribution in [2.24, 2.45) is 5.92 Å². The van der Waals surface area contributed by atoms with Crippen LogP contribution >= 0.6 is 0 Å². The molecule has 0 saturated carbocycles. The van der Waals surface area contributed by atoms with E-state index in [9.17, 15) is 9.59 Å². The van der Waals surface area contributed by atoms with Crippen LogP contribution in [0.1, 0.15) is 37.8 Å². The Labute approximate surface area is 181 Å². The van der Waals surface area contributed by atoms with Gasteiger partial charge in [-0.05, 0) is 30.7 Å². The lowest BCUT2D eigenvalue weighted by atomic mass is 9.79. The molecule has 0 fully saturated rings. The molecule has 0 unspecified atom stereocenters. The van der Waals surface area contributed by atoms with E-state index in [0.29, 0.717) is 40.1 Å². The van der Waals surface area contributed by atoms with Gasteiger partial charge in [-0.25, -0.2) is 0 Å². The van der Waals surface area contributed by atoms with Gasteiger partial charge in [0.05, 0.1) is 21.3 Å². The molecule has 1 aliphatic rings. The number of benzene rings is 2. The predicted molar refractivity (Wildman–Crippen MR) is 112 cm³/mol. The lowest BCUT2D eigenvalue weighted by Gasteiger charge is -2.26. The van der Waals surface area contributed by atoms with Crippen LogP contribution < -0.4 is 28.4 Å². The molecule has 0 spiro atoms. The van der Waals surface area contributed by atoms with E-state index >= 15 is 0 Å². The fraction of sp³-hybridized carbons (Fsp3) is 0.391. The number of methoxy groups -OCH3 is 3. The number of Topliss-reactive ketones (excluding diaryl/α,β-unsaturated/α-hetero) is 1. The molecule has 8 heteroatoms. The fourth-order valence-corrected chi connectivity index (χ4v) is 3.68. The highest BCUT2D eigenvalue weighted by Gasteiger charge is 2.32. The summed E-state index contributed by atoms with van der Waals surface area (Å²) in [7, 11) is 4.57. The van der Waals surface area contributed by atoms with Crippen LogP contribution in [0.2, 0.25) is 0 Å². The minimum absolute atomic E-state index is 0.0369. The third kappa shape index (κ3) is 4.38. The van der Waals surface area contributed by atoms with Crippen molar-refractivity contribution in [3.05, 3.63) is 35.4 Å². The number of ketones is 1. The topological polar surface area (TPSA) is 89.5 Å². The zero-order valence-corrected chi connectivity index (χ0v) is 18.4. The molecule has 0 N–H and O–H groups in total. The normalized spacial score (nSPS) is 13.9. The van der Waals surface area contributed by atoms with Gasteiger partial charge in [-0.2, -0.15) is 0 Å². The van der Waals surface area contributed by atoms with Gasteiger partial charge in [-0.15, -0.1) is 0 Å². The Balaban J connectivity index is 2.27. The van der Waals surface area contributed by atoms with E-state index in [4.69, 9.17) is 28.4 Å². The van der Waals surface area contributed by atoms with Crippen LogP contribution in [-0.4, -0.2) is 39.9 Å². The number of hydrogen-bond donors (Lipinski definition) is 0. The van der Waals surface area contributed by atoms with Gasteiger partial charge in [0.2, 0.25) is 12.5 Å². The minimum atomic E-state index is -0.491. The second-order valence-electron chi connectivity index (χ2n) is 7.17. The van der Waals surface area contributed by atoms with Gasteiger partial charge in [0.1, 0.15) is 11.5 Å². The molecule has 2 aromatic carbocycles. The molecule has 166 valence electrons. The first-order chi connectivity index (χ1) is 14.8. The SMILES string of the molecule is COc1cc([C@@H](c2cc3c(cc2OC(C)=O)OCO3)[C@@H](C)C(C)=O)cc(OC)c1OC. The monoisotopic (exact) mass is 430 g/mol. The number of esters is 1. The summed E-state index contributed by atoms with van der Waals surface area (Å²) in [6, 6.07) is 6.92. The molecular weight excluding hydrogens is 404 g/mol. The van der Waals surface area contributed by atoms with Crippen LogP contribution in [0.4, 0.5) is 0 Å². The zero-order chi connectivity index (χ0) is 22.7. The average Bonchev–Trinajstić information content (AvgIpc) is 3.19. The number of carbonyl (C=O) groups excluding carboxylic acids is 2. The van der Waals surface area contributed by atoms with Crippen LogP contribution in [0.15, 0.2) is 24.3 Å². The van der Waals surface area contributed by atoms with Crippen molar-refractivity contribution >= 4 is 11.8 Å². The lowest BCUT2D eigenvalue weighted by molar-refractivity contribution is -0.131. The smallest absolute Gasteiger partial charge is 0.308 e. The lowest BCUT2D eigenvalue weighted by Crippen LogP contribution is -2.20. The standard InChI is InChI=1S/C23H26O8/c1-12(13(2)24)22(15-7-20(26-4)23(28-6)21(8-15)27-5)16-9-18-19(30-11-29-18)10-17(16)31-14(3)25/h7-10,12,22H,11H2,1-6H3/t12-,22-/m0/s1. The van der Waals surface area contributed by atoms with Gasteiger partial charge < -0.3 is 28.4 Å². The number of rotatable bonds is 8. The molecule has 0 aromatic heterocycles. The van der Waals surface area contributed by atoms with Crippen molar-refractivity contribution in [2.45, 2.75) is 26.7 Å². The van der Waals surface area contributed by atoms with Crippen molar-refractivity contribution in [1.82, 2.24) is 0 Å². The van der Waals surface area contributed by atoms with E-state index in [1.54, 1.807) is 24.3 Å². The first kappa shape index (κ1) is 22.3. The zero-order valence-electron chi connectivity index (χ0n) is 18.4. The van der Waals surface area contributed by atoms with E-state index in [0.717, 1.165) is 5.56 Å². The Morgan fingerprint density at radius 1 is 0.871 bits per heavy atom. The van der Waals surface area contributed by atoms with Gasteiger partial charge in [0, 0.05) is 30.4 Å². The molecule has 2 atom stereocenters. The number of carbonyl (C=O) groups is 2. The first-order valence-electron chi connectivity index (χ1n) is 9.73. The predicted octanol–water partition coefficient (Wildman–Crippen LogP) is 3.72. The summed E-state index contributed by atoms with van der Waals surface area (Å²) in [5, 5.41) is 0. The molecule has 0 radical (unpaired) electrons. The van der Waals surface area contributed by atoms with E-state index in [-0.39, 0.29) is 12.6 Å². The Kier molecular flexibility index (Phi) is 6.58. The van der Waals surface area contributed by atoms with Crippen LogP contribution in [0, 0.1) is 5.92 Å². The third-order valence-corrected chi connectivity index (χ3v) is 5.28. The summed E-state index contributed by atoms with van der Waals surface area (Å²) in [6.45, 7) is 4.72. The molecule has 1 heterocycles. The first-order valence-corrected chi connectivity index (χ1v) is 9.73. The highest BCUT2D eigenvalue weighted by atomic mass is 16.7. The van der Waals surface area contributed by atoms with Crippen molar-refractivity contribution < 1.29 is 38.0 Å². The van der Waals surface area contributed by atoms with E-state index in [1.807, 2.05) is 6.92 Å². The quantitative estimate of drug-likeness (QED) is 0.462. The molecule has 0 amide bonds. The minimum Gasteiger partial charge on any atom is -0.493 e. The van der Waals surface area contributed by atoms with Crippen molar-refractivity contribution in [2.75, 3.05) is 28.1 Å². The van der Waals surface area contributed by atoms with Crippen LogP contribution in [0.5, 0.6) is 34.5 Å². The maximum atomic E-state index is 12.5. The molecule has 3 rings (SSSR count). The number of fused-ring (bicyclic) bond motifs is 1. The van der Waals surface area contributed by atoms with E-state index in [2.05, 4.69) is 0 Å². The van der Waals surface area contributed by atoms with Gasteiger partial charge in [-0.1, -0.05) is 6.92 Å². The number of ether oxygens (including phenoxy) is 6. The molecule has 0 bridgehead atoms. The summed E-state index contributed by atoms with van der Waals surface area (Å²) in [6.07, 6.45) is 0. The third-order valence-electron chi connectivity index (χ3n) is 5.28. The Morgan fingerprint density at radius 3 is 1.94 bits per heavy atom. The molecule has 8 nitrogen and oxygen atoms in total. The Morgan fingerprint density at radius 2 is 1.45 bits per heavy atom. The summed E-state index contributed by atoms with van der Waals surface area (Å²) in [5.41, 5.74) is 1.33. The highest BCUT2D eigenvalue weighted by Crippen LogP contribution is 2.48. The van der Waals surface area contributed by atoms with Crippen LogP contribution in [0.25, 0.3) is 0 Å². The van der Waals surface area contributed by atoms with Gasteiger partial charge in [0.15, 0.2) is 23.0 Å². The highest BCUT2D eigenvalue weighted by molar-refractivity contribution is 5.80. The van der Waals surface area contributed by atoms with Gasteiger partial charge >= 0.3 is 5.97 Å². The molecule has 31 heavy (non-hydrogen) atoms. The second kappa shape index (κ2) is 9.16. The van der Waals surface area contributed by atoms with Crippen LogP contribution in [0.3, 0.4) is 0 Å². The van der Waals surface area contributed by atoms with Crippen LogP contribution in [-0.2, 0) is 9.59 Å². The number of hydrogen-bond acceptors (Lipinski definition) is 8.